The van der Waals surface area contributed by atoms with Gasteiger partial charge in [-0.1, -0.05) is 12.1 Å². The summed E-state index contributed by atoms with van der Waals surface area (Å²) in [5, 5.41) is 0. The Hall–Kier alpha value is -1.64. The molecule has 1 amide bonds. The lowest BCUT2D eigenvalue weighted by Crippen LogP contribution is -2.34. The smallest absolute Gasteiger partial charge is 0.219 e. The number of amides is 1. The Bertz CT molecular complexity index is 451. The van der Waals surface area contributed by atoms with Gasteiger partial charge in [0.25, 0.3) is 0 Å². The first kappa shape index (κ1) is 10.9. The number of fused-ring (bicyclic) bond motifs is 1. The van der Waals surface area contributed by atoms with Crippen LogP contribution in [0.4, 0.5) is 0 Å². The number of ketones is 1. The SMILES string of the molecule is CC(=O)c1ccc2c(c1)CN(C(C)=O)CC2. The van der Waals surface area contributed by atoms with Crippen molar-refractivity contribution in [2.45, 2.75) is 26.8 Å². The normalized spacial score (nSPS) is 14.5. The number of hydrogen-bond donors (Lipinski definition) is 0. The third-order valence-corrected chi connectivity index (χ3v) is 3.07. The highest BCUT2D eigenvalue weighted by atomic mass is 16.2. The summed E-state index contributed by atoms with van der Waals surface area (Å²) in [4.78, 5) is 24.4. The van der Waals surface area contributed by atoms with E-state index in [0.717, 1.165) is 24.1 Å². The zero-order valence-corrected chi connectivity index (χ0v) is 9.62. The van der Waals surface area contributed by atoms with Crippen molar-refractivity contribution in [1.82, 2.24) is 4.90 Å². The van der Waals surface area contributed by atoms with Gasteiger partial charge in [-0.2, -0.15) is 0 Å². The van der Waals surface area contributed by atoms with Crippen LogP contribution in [0, 0.1) is 0 Å². The molecule has 1 aromatic rings. The maximum Gasteiger partial charge on any atom is 0.219 e. The van der Waals surface area contributed by atoms with E-state index >= 15 is 0 Å². The summed E-state index contributed by atoms with van der Waals surface area (Å²) in [5.74, 6) is 0.168. The van der Waals surface area contributed by atoms with Gasteiger partial charge in [0.1, 0.15) is 0 Å². The molecule has 3 heteroatoms. The minimum Gasteiger partial charge on any atom is -0.338 e. The molecule has 0 spiro atoms. The third kappa shape index (κ3) is 1.98. The molecule has 3 nitrogen and oxygen atoms in total. The number of benzene rings is 1. The van der Waals surface area contributed by atoms with E-state index in [2.05, 4.69) is 0 Å². The second-order valence-corrected chi connectivity index (χ2v) is 4.23. The van der Waals surface area contributed by atoms with Crippen LogP contribution in [-0.2, 0) is 17.8 Å². The van der Waals surface area contributed by atoms with E-state index < -0.39 is 0 Å². The summed E-state index contributed by atoms with van der Waals surface area (Å²) in [7, 11) is 0. The van der Waals surface area contributed by atoms with Gasteiger partial charge in [-0.15, -0.1) is 0 Å². The lowest BCUT2D eigenvalue weighted by Gasteiger charge is -2.28. The Balaban J connectivity index is 2.32. The van der Waals surface area contributed by atoms with Gasteiger partial charge in [0.2, 0.25) is 5.91 Å². The lowest BCUT2D eigenvalue weighted by atomic mass is 9.96. The van der Waals surface area contributed by atoms with Crippen molar-refractivity contribution in [2.24, 2.45) is 0 Å². The molecular weight excluding hydrogens is 202 g/mol. The van der Waals surface area contributed by atoms with E-state index in [-0.39, 0.29) is 11.7 Å². The molecule has 1 aliphatic heterocycles. The van der Waals surface area contributed by atoms with Crippen molar-refractivity contribution >= 4 is 11.7 Å². The second kappa shape index (κ2) is 4.08. The monoisotopic (exact) mass is 217 g/mol. The van der Waals surface area contributed by atoms with Gasteiger partial charge in [0, 0.05) is 25.6 Å². The number of nitrogens with zero attached hydrogens (tertiary/aromatic N) is 1. The largest absolute Gasteiger partial charge is 0.338 e. The highest BCUT2D eigenvalue weighted by Crippen LogP contribution is 2.20. The fraction of sp³-hybridized carbons (Fsp3) is 0.385. The van der Waals surface area contributed by atoms with Crippen LogP contribution in [0.15, 0.2) is 18.2 Å². The van der Waals surface area contributed by atoms with E-state index in [0.29, 0.717) is 6.54 Å². The molecular formula is C13H15NO2. The van der Waals surface area contributed by atoms with Crippen LogP contribution >= 0.6 is 0 Å². The van der Waals surface area contributed by atoms with Gasteiger partial charge in [-0.25, -0.2) is 0 Å². The topological polar surface area (TPSA) is 37.4 Å². The van der Waals surface area contributed by atoms with E-state index in [1.165, 1.54) is 5.56 Å². The average molecular weight is 217 g/mol. The summed E-state index contributed by atoms with van der Waals surface area (Å²) < 4.78 is 0. The molecule has 0 aliphatic carbocycles. The maximum absolute atomic E-state index is 11.3. The predicted octanol–water partition coefficient (Wildman–Crippen LogP) is 1.79. The Labute approximate surface area is 95.1 Å². The van der Waals surface area contributed by atoms with Crippen molar-refractivity contribution in [2.75, 3.05) is 6.54 Å². The molecule has 0 saturated carbocycles. The van der Waals surface area contributed by atoms with E-state index in [1.807, 2.05) is 23.1 Å². The second-order valence-electron chi connectivity index (χ2n) is 4.23. The minimum absolute atomic E-state index is 0.0720. The first-order valence-electron chi connectivity index (χ1n) is 5.46. The van der Waals surface area contributed by atoms with Crippen LogP contribution < -0.4 is 0 Å². The molecule has 16 heavy (non-hydrogen) atoms. The van der Waals surface area contributed by atoms with Crippen LogP contribution in [0.5, 0.6) is 0 Å². The number of rotatable bonds is 1. The van der Waals surface area contributed by atoms with Gasteiger partial charge < -0.3 is 4.90 Å². The van der Waals surface area contributed by atoms with Crippen LogP contribution in [0.2, 0.25) is 0 Å². The first-order chi connectivity index (χ1) is 7.58. The fourth-order valence-corrected chi connectivity index (χ4v) is 2.04. The number of carbonyl (C=O) groups is 2. The molecule has 1 aromatic carbocycles. The molecule has 1 heterocycles. The highest BCUT2D eigenvalue weighted by molar-refractivity contribution is 5.94. The third-order valence-electron chi connectivity index (χ3n) is 3.07. The van der Waals surface area contributed by atoms with Gasteiger partial charge >= 0.3 is 0 Å². The quantitative estimate of drug-likeness (QED) is 0.672. The Morgan fingerprint density at radius 2 is 1.94 bits per heavy atom. The summed E-state index contributed by atoms with van der Waals surface area (Å²) in [6.45, 7) is 4.56. The predicted molar refractivity (Wildman–Crippen MR) is 61.2 cm³/mol. The lowest BCUT2D eigenvalue weighted by molar-refractivity contribution is -0.129. The molecule has 0 radical (unpaired) electrons. The molecule has 0 aromatic heterocycles. The molecule has 0 N–H and O–H groups in total. The zero-order valence-electron chi connectivity index (χ0n) is 9.62. The Kier molecular flexibility index (Phi) is 2.77. The molecule has 84 valence electrons. The molecule has 0 bridgehead atoms. The average Bonchev–Trinajstić information content (AvgIpc) is 2.27. The highest BCUT2D eigenvalue weighted by Gasteiger charge is 2.18. The van der Waals surface area contributed by atoms with Crippen LogP contribution in [0.1, 0.15) is 35.3 Å². The van der Waals surface area contributed by atoms with Crippen molar-refractivity contribution in [3.8, 4) is 0 Å². The van der Waals surface area contributed by atoms with Crippen LogP contribution in [0.25, 0.3) is 0 Å². The maximum atomic E-state index is 11.3. The van der Waals surface area contributed by atoms with E-state index in [1.54, 1.807) is 13.8 Å². The number of carbonyl (C=O) groups excluding carboxylic acids is 2. The zero-order chi connectivity index (χ0) is 11.7. The summed E-state index contributed by atoms with van der Waals surface area (Å²) >= 11 is 0. The Morgan fingerprint density at radius 3 is 2.56 bits per heavy atom. The molecule has 0 unspecified atom stereocenters. The summed E-state index contributed by atoms with van der Waals surface area (Å²) in [6, 6.07) is 5.78. The van der Waals surface area contributed by atoms with Crippen molar-refractivity contribution in [1.29, 1.82) is 0 Å². The van der Waals surface area contributed by atoms with Gasteiger partial charge in [-0.3, -0.25) is 9.59 Å². The van der Waals surface area contributed by atoms with Gasteiger partial charge in [-0.05, 0) is 30.5 Å². The molecule has 1 aliphatic rings. The number of Topliss-reactive ketones (excluding diaryl/α,β-unsaturated/α-hetero) is 1. The standard InChI is InChI=1S/C13H15NO2/c1-9(15)12-4-3-11-5-6-14(10(2)16)8-13(11)7-12/h3-4,7H,5-6,8H2,1-2H3. The van der Waals surface area contributed by atoms with Gasteiger partial charge in [0.15, 0.2) is 5.78 Å². The molecule has 0 saturated heterocycles. The van der Waals surface area contributed by atoms with E-state index in [9.17, 15) is 9.59 Å². The number of hydrogen-bond acceptors (Lipinski definition) is 2. The van der Waals surface area contributed by atoms with Crippen molar-refractivity contribution in [3.05, 3.63) is 34.9 Å². The minimum atomic E-state index is 0.0720. The van der Waals surface area contributed by atoms with Crippen molar-refractivity contribution in [3.63, 3.8) is 0 Å². The van der Waals surface area contributed by atoms with Crippen LogP contribution in [-0.4, -0.2) is 23.1 Å². The first-order valence-corrected chi connectivity index (χ1v) is 5.46. The van der Waals surface area contributed by atoms with Crippen LogP contribution in [0.3, 0.4) is 0 Å². The molecule has 2 rings (SSSR count). The summed E-state index contributed by atoms with van der Waals surface area (Å²) in [6.07, 6.45) is 0.882. The summed E-state index contributed by atoms with van der Waals surface area (Å²) in [5.41, 5.74) is 3.08. The molecule has 0 atom stereocenters. The van der Waals surface area contributed by atoms with Crippen molar-refractivity contribution < 1.29 is 9.59 Å². The van der Waals surface area contributed by atoms with E-state index in [4.69, 9.17) is 0 Å². The fourth-order valence-electron chi connectivity index (χ4n) is 2.04. The van der Waals surface area contributed by atoms with Gasteiger partial charge in [0.05, 0.1) is 0 Å². The molecule has 0 fully saturated rings. The Morgan fingerprint density at radius 1 is 1.19 bits per heavy atom.